The van der Waals surface area contributed by atoms with Crippen LogP contribution in [-0.2, 0) is 16.1 Å². The Kier molecular flexibility index (Phi) is 5.76. The van der Waals surface area contributed by atoms with Crippen LogP contribution in [0.1, 0.15) is 31.0 Å². The van der Waals surface area contributed by atoms with Crippen molar-refractivity contribution in [1.29, 1.82) is 0 Å². The number of urea groups is 1. The molecule has 27 heavy (non-hydrogen) atoms. The van der Waals surface area contributed by atoms with Crippen molar-refractivity contribution in [1.82, 2.24) is 10.6 Å². The fourth-order valence-electron chi connectivity index (χ4n) is 2.97. The van der Waals surface area contributed by atoms with Crippen molar-refractivity contribution >= 4 is 12.0 Å². The van der Waals surface area contributed by atoms with Crippen LogP contribution in [0.25, 0.3) is 0 Å². The van der Waals surface area contributed by atoms with Gasteiger partial charge in [0, 0.05) is 5.70 Å². The highest BCUT2D eigenvalue weighted by Gasteiger charge is 2.32. The first-order valence-electron chi connectivity index (χ1n) is 8.80. The monoisotopic (exact) mass is 366 g/mol. The maximum absolute atomic E-state index is 12.8. The molecule has 2 N–H and O–H groups in total. The standard InChI is InChI=1S/C21H22N2O4/c1-3-26-17-11-7-10-16(12-17)19-18(14(2)22-21(25)23-19)20(24)27-13-15-8-5-4-6-9-15/h4-12,19H,3,13H2,1-2H3,(H2,22,23,25). The first-order valence-corrected chi connectivity index (χ1v) is 8.80. The van der Waals surface area contributed by atoms with Gasteiger partial charge in [-0.1, -0.05) is 42.5 Å². The van der Waals surface area contributed by atoms with Crippen LogP contribution in [0.5, 0.6) is 5.75 Å². The number of carbonyl (C=O) groups is 2. The third-order valence-electron chi connectivity index (χ3n) is 4.20. The number of nitrogens with one attached hydrogen (secondary N) is 2. The molecule has 1 atom stereocenters. The molecular weight excluding hydrogens is 344 g/mol. The quantitative estimate of drug-likeness (QED) is 0.768. The van der Waals surface area contributed by atoms with Gasteiger partial charge >= 0.3 is 12.0 Å². The molecule has 0 saturated heterocycles. The van der Waals surface area contributed by atoms with Gasteiger partial charge in [-0.25, -0.2) is 9.59 Å². The number of ether oxygens (including phenoxy) is 2. The normalized spacial score (nSPS) is 16.4. The minimum absolute atomic E-state index is 0.163. The van der Waals surface area contributed by atoms with Gasteiger partial charge in [0.2, 0.25) is 0 Å². The van der Waals surface area contributed by atoms with Gasteiger partial charge < -0.3 is 20.1 Å². The summed E-state index contributed by atoms with van der Waals surface area (Å²) in [6.45, 7) is 4.28. The van der Waals surface area contributed by atoms with Crippen molar-refractivity contribution in [3.63, 3.8) is 0 Å². The van der Waals surface area contributed by atoms with Crippen molar-refractivity contribution < 1.29 is 19.1 Å². The highest BCUT2D eigenvalue weighted by molar-refractivity contribution is 5.95. The van der Waals surface area contributed by atoms with Crippen LogP contribution in [-0.4, -0.2) is 18.6 Å². The Labute approximate surface area is 158 Å². The lowest BCUT2D eigenvalue weighted by Crippen LogP contribution is -2.45. The molecule has 6 nitrogen and oxygen atoms in total. The van der Waals surface area contributed by atoms with Gasteiger partial charge in [-0.3, -0.25) is 0 Å². The highest BCUT2D eigenvalue weighted by Crippen LogP contribution is 2.29. The first kappa shape index (κ1) is 18.5. The maximum atomic E-state index is 12.8. The predicted molar refractivity (Wildman–Crippen MR) is 101 cm³/mol. The predicted octanol–water partition coefficient (Wildman–Crippen LogP) is 3.46. The Morgan fingerprint density at radius 1 is 1.11 bits per heavy atom. The molecule has 2 aromatic rings. The fraction of sp³-hybridized carbons (Fsp3) is 0.238. The molecule has 0 spiro atoms. The number of benzene rings is 2. The molecule has 6 heteroatoms. The molecule has 2 amide bonds. The van der Waals surface area contributed by atoms with Crippen LogP contribution in [0.4, 0.5) is 4.79 Å². The van der Waals surface area contributed by atoms with E-state index in [-0.39, 0.29) is 12.6 Å². The van der Waals surface area contributed by atoms with Gasteiger partial charge in [0.1, 0.15) is 12.4 Å². The molecule has 0 bridgehead atoms. The van der Waals surface area contributed by atoms with E-state index in [1.807, 2.05) is 61.5 Å². The molecular formula is C21H22N2O4. The summed E-state index contributed by atoms with van der Waals surface area (Å²) in [5.74, 6) is 0.202. The Bertz CT molecular complexity index is 861. The summed E-state index contributed by atoms with van der Waals surface area (Å²) in [4.78, 5) is 24.8. The van der Waals surface area contributed by atoms with E-state index in [4.69, 9.17) is 9.47 Å². The molecule has 0 aromatic heterocycles. The van der Waals surface area contributed by atoms with Crippen LogP contribution >= 0.6 is 0 Å². The van der Waals surface area contributed by atoms with E-state index >= 15 is 0 Å². The van der Waals surface area contributed by atoms with E-state index in [0.717, 1.165) is 11.1 Å². The number of esters is 1. The SMILES string of the molecule is CCOc1cccc(C2NC(=O)NC(C)=C2C(=O)OCc2ccccc2)c1. The van der Waals surface area contributed by atoms with Crippen molar-refractivity contribution in [3.8, 4) is 5.75 Å². The second kappa shape index (κ2) is 8.40. The van der Waals surface area contributed by atoms with Gasteiger partial charge in [-0.05, 0) is 37.1 Å². The molecule has 0 saturated carbocycles. The van der Waals surface area contributed by atoms with Crippen LogP contribution < -0.4 is 15.4 Å². The molecule has 3 rings (SSSR count). The number of allylic oxidation sites excluding steroid dienone is 1. The molecule has 1 aliphatic rings. The molecule has 0 radical (unpaired) electrons. The number of hydrogen-bond acceptors (Lipinski definition) is 4. The average molecular weight is 366 g/mol. The Balaban J connectivity index is 1.85. The third-order valence-corrected chi connectivity index (χ3v) is 4.20. The van der Waals surface area contributed by atoms with Gasteiger partial charge in [0.05, 0.1) is 18.2 Å². The van der Waals surface area contributed by atoms with Gasteiger partial charge in [-0.15, -0.1) is 0 Å². The Morgan fingerprint density at radius 3 is 2.63 bits per heavy atom. The second-order valence-electron chi connectivity index (χ2n) is 6.14. The molecule has 1 unspecified atom stereocenters. The zero-order chi connectivity index (χ0) is 19.2. The minimum atomic E-state index is -0.609. The number of amides is 2. The van der Waals surface area contributed by atoms with Crippen molar-refractivity contribution in [2.45, 2.75) is 26.5 Å². The minimum Gasteiger partial charge on any atom is -0.494 e. The smallest absolute Gasteiger partial charge is 0.338 e. The summed E-state index contributed by atoms with van der Waals surface area (Å²) in [5, 5.41) is 5.44. The molecule has 140 valence electrons. The zero-order valence-electron chi connectivity index (χ0n) is 15.3. The molecule has 0 fully saturated rings. The summed E-state index contributed by atoms with van der Waals surface area (Å²) in [6, 6.07) is 15.8. The third kappa shape index (κ3) is 4.47. The maximum Gasteiger partial charge on any atom is 0.338 e. The number of rotatable bonds is 6. The van der Waals surface area contributed by atoms with Gasteiger partial charge in [0.15, 0.2) is 0 Å². The van der Waals surface area contributed by atoms with E-state index in [2.05, 4.69) is 10.6 Å². The van der Waals surface area contributed by atoms with Crippen molar-refractivity contribution in [3.05, 3.63) is 77.0 Å². The number of carbonyl (C=O) groups excluding carboxylic acids is 2. The molecule has 2 aromatic carbocycles. The first-order chi connectivity index (χ1) is 13.1. The molecule has 1 aliphatic heterocycles. The zero-order valence-corrected chi connectivity index (χ0v) is 15.3. The molecule has 1 heterocycles. The van der Waals surface area contributed by atoms with Crippen LogP contribution in [0.3, 0.4) is 0 Å². The summed E-state index contributed by atoms with van der Waals surface area (Å²) in [6.07, 6.45) is 0. The van der Waals surface area contributed by atoms with E-state index in [1.54, 1.807) is 6.92 Å². The van der Waals surface area contributed by atoms with Crippen LogP contribution in [0.2, 0.25) is 0 Å². The lowest BCUT2D eigenvalue weighted by atomic mass is 9.95. The lowest BCUT2D eigenvalue weighted by molar-refractivity contribution is -0.140. The van der Waals surface area contributed by atoms with E-state index in [1.165, 1.54) is 0 Å². The van der Waals surface area contributed by atoms with Crippen LogP contribution in [0.15, 0.2) is 65.9 Å². The number of hydrogen-bond donors (Lipinski definition) is 2. The Hall–Kier alpha value is -3.28. The average Bonchev–Trinajstić information content (AvgIpc) is 2.67. The van der Waals surface area contributed by atoms with Crippen molar-refractivity contribution in [2.75, 3.05) is 6.61 Å². The Morgan fingerprint density at radius 2 is 1.89 bits per heavy atom. The highest BCUT2D eigenvalue weighted by atomic mass is 16.5. The summed E-state index contributed by atoms with van der Waals surface area (Å²) < 4.78 is 11.0. The fourth-order valence-corrected chi connectivity index (χ4v) is 2.97. The van der Waals surface area contributed by atoms with Crippen molar-refractivity contribution in [2.24, 2.45) is 0 Å². The van der Waals surface area contributed by atoms with E-state index < -0.39 is 12.0 Å². The second-order valence-corrected chi connectivity index (χ2v) is 6.14. The van der Waals surface area contributed by atoms with E-state index in [0.29, 0.717) is 23.6 Å². The largest absolute Gasteiger partial charge is 0.494 e. The lowest BCUT2D eigenvalue weighted by Gasteiger charge is -2.28. The van der Waals surface area contributed by atoms with Gasteiger partial charge in [-0.2, -0.15) is 0 Å². The molecule has 0 aliphatic carbocycles. The summed E-state index contributed by atoms with van der Waals surface area (Å²) >= 11 is 0. The summed E-state index contributed by atoms with van der Waals surface area (Å²) in [7, 11) is 0. The van der Waals surface area contributed by atoms with Crippen LogP contribution in [0, 0.1) is 0 Å². The van der Waals surface area contributed by atoms with Gasteiger partial charge in [0.25, 0.3) is 0 Å². The topological polar surface area (TPSA) is 76.7 Å². The van der Waals surface area contributed by atoms with E-state index in [9.17, 15) is 9.59 Å². The summed E-state index contributed by atoms with van der Waals surface area (Å²) in [5.41, 5.74) is 2.50.